The monoisotopic (exact) mass is 170 g/mol. The van der Waals surface area contributed by atoms with Crippen molar-refractivity contribution in [2.24, 2.45) is 11.8 Å². The molecule has 72 valence electrons. The van der Waals surface area contributed by atoms with E-state index in [9.17, 15) is 0 Å². The molecule has 0 spiro atoms. The third-order valence-electron chi connectivity index (χ3n) is 3.66. The Labute approximate surface area is 75.7 Å². The molecule has 2 heteroatoms. The molecule has 1 saturated carbocycles. The maximum Gasteiger partial charge on any atom is 0.0156 e. The average Bonchev–Trinajstić information content (AvgIpc) is 2.29. The molecular formula is C10H22N2. The zero-order chi connectivity index (χ0) is 7.90. The van der Waals surface area contributed by atoms with Gasteiger partial charge in [0.1, 0.15) is 0 Å². The van der Waals surface area contributed by atoms with E-state index >= 15 is 0 Å². The molecule has 2 aliphatic rings. The Hall–Kier alpha value is -0.0800. The molecule has 12 heavy (non-hydrogen) atoms. The molecule has 2 rings (SSSR count). The van der Waals surface area contributed by atoms with Gasteiger partial charge in [-0.2, -0.15) is 0 Å². The largest absolute Gasteiger partial charge is 0.344 e. The Morgan fingerprint density at radius 3 is 2.50 bits per heavy atom. The van der Waals surface area contributed by atoms with Crippen LogP contribution in [-0.2, 0) is 0 Å². The van der Waals surface area contributed by atoms with Crippen molar-refractivity contribution in [3.05, 3.63) is 0 Å². The Bertz CT molecular complexity index is 154. The fourth-order valence-electron chi connectivity index (χ4n) is 2.93. The highest BCUT2D eigenvalue weighted by atomic mass is 15.0. The van der Waals surface area contributed by atoms with Crippen LogP contribution in [-0.4, -0.2) is 12.1 Å². The van der Waals surface area contributed by atoms with Crippen LogP contribution < -0.4 is 11.5 Å². The zero-order valence-electron chi connectivity index (χ0n) is 8.40. The molecular weight excluding hydrogens is 148 g/mol. The first kappa shape index (κ1) is 10.0. The average molecular weight is 170 g/mol. The molecule has 0 aromatic rings. The molecule has 0 amide bonds. The molecule has 0 radical (unpaired) electrons. The molecule has 1 saturated heterocycles. The van der Waals surface area contributed by atoms with E-state index in [1.807, 2.05) is 0 Å². The smallest absolute Gasteiger partial charge is 0.0156 e. The van der Waals surface area contributed by atoms with Crippen molar-refractivity contribution >= 4 is 0 Å². The molecule has 1 aliphatic carbocycles. The van der Waals surface area contributed by atoms with Crippen molar-refractivity contribution < 1.29 is 0 Å². The lowest BCUT2D eigenvalue weighted by Crippen LogP contribution is -2.39. The van der Waals surface area contributed by atoms with Crippen LogP contribution in [0.3, 0.4) is 0 Å². The lowest BCUT2D eigenvalue weighted by atomic mass is 9.74. The minimum Gasteiger partial charge on any atom is -0.344 e. The van der Waals surface area contributed by atoms with Gasteiger partial charge >= 0.3 is 0 Å². The lowest BCUT2D eigenvalue weighted by molar-refractivity contribution is 0.217. The van der Waals surface area contributed by atoms with Crippen molar-refractivity contribution in [2.75, 3.05) is 6.54 Å². The van der Waals surface area contributed by atoms with E-state index in [2.05, 4.69) is 19.2 Å². The molecule has 0 aromatic carbocycles. The minimum absolute atomic E-state index is 0. The fraction of sp³-hybridized carbons (Fsp3) is 1.00. The molecule has 2 unspecified atom stereocenters. The molecule has 1 heterocycles. The predicted molar refractivity (Wildman–Crippen MR) is 52.6 cm³/mol. The van der Waals surface area contributed by atoms with Crippen LogP contribution >= 0.6 is 0 Å². The fourth-order valence-corrected chi connectivity index (χ4v) is 2.93. The van der Waals surface area contributed by atoms with Crippen LogP contribution in [0.25, 0.3) is 0 Å². The van der Waals surface area contributed by atoms with Crippen molar-refractivity contribution in [3.63, 3.8) is 0 Å². The standard InChI is InChI=1S/C10H19N.H3N/c1-10(2)9-6-4-3-5-8(9)7-11-10;/h8-9,11H,3-7H2,1-2H3;1H3. The molecule has 1 aliphatic heterocycles. The van der Waals surface area contributed by atoms with E-state index in [0.29, 0.717) is 5.54 Å². The van der Waals surface area contributed by atoms with Crippen LogP contribution in [0.15, 0.2) is 0 Å². The summed E-state index contributed by atoms with van der Waals surface area (Å²) in [6, 6.07) is 0. The Morgan fingerprint density at radius 1 is 1.17 bits per heavy atom. The highest BCUT2D eigenvalue weighted by molar-refractivity contribution is 4.98. The van der Waals surface area contributed by atoms with Gasteiger partial charge in [-0.05, 0) is 45.1 Å². The van der Waals surface area contributed by atoms with E-state index in [0.717, 1.165) is 11.8 Å². The quantitative estimate of drug-likeness (QED) is 0.586. The number of hydrogen-bond donors (Lipinski definition) is 2. The lowest BCUT2D eigenvalue weighted by Gasteiger charge is -2.33. The maximum atomic E-state index is 3.64. The summed E-state index contributed by atoms with van der Waals surface area (Å²) in [5.74, 6) is 1.97. The number of fused-ring (bicyclic) bond motifs is 1. The van der Waals surface area contributed by atoms with Gasteiger partial charge < -0.3 is 11.5 Å². The highest BCUT2D eigenvalue weighted by Crippen LogP contribution is 2.40. The second-order valence-electron chi connectivity index (χ2n) is 4.75. The predicted octanol–water partition coefficient (Wildman–Crippen LogP) is 2.34. The summed E-state index contributed by atoms with van der Waals surface area (Å²) in [4.78, 5) is 0. The van der Waals surface area contributed by atoms with Crippen molar-refractivity contribution in [1.82, 2.24) is 11.5 Å². The van der Waals surface area contributed by atoms with Crippen molar-refractivity contribution in [1.29, 1.82) is 0 Å². The summed E-state index contributed by atoms with van der Waals surface area (Å²) >= 11 is 0. The van der Waals surface area contributed by atoms with Crippen LogP contribution in [0, 0.1) is 11.8 Å². The minimum atomic E-state index is 0. The summed E-state index contributed by atoms with van der Waals surface area (Å²) in [6.07, 6.45) is 5.87. The molecule has 2 atom stereocenters. The van der Waals surface area contributed by atoms with E-state index in [1.54, 1.807) is 0 Å². The van der Waals surface area contributed by atoms with Gasteiger partial charge in [0, 0.05) is 5.54 Å². The molecule has 4 N–H and O–H groups in total. The normalized spacial score (nSPS) is 38.5. The van der Waals surface area contributed by atoms with Crippen LogP contribution in [0.4, 0.5) is 0 Å². The second kappa shape index (κ2) is 3.35. The Balaban J connectivity index is 0.000000720. The van der Waals surface area contributed by atoms with Crippen LogP contribution in [0.1, 0.15) is 39.5 Å². The topological polar surface area (TPSA) is 47.0 Å². The SMILES string of the molecule is CC1(C)NCC2CCCCC21.N. The first-order valence-corrected chi connectivity index (χ1v) is 4.95. The van der Waals surface area contributed by atoms with Gasteiger partial charge in [0.05, 0.1) is 0 Å². The summed E-state index contributed by atoms with van der Waals surface area (Å²) in [5.41, 5.74) is 0.436. The van der Waals surface area contributed by atoms with Gasteiger partial charge in [0.25, 0.3) is 0 Å². The van der Waals surface area contributed by atoms with Gasteiger partial charge in [0.2, 0.25) is 0 Å². The Kier molecular flexibility index (Phi) is 2.79. The summed E-state index contributed by atoms with van der Waals surface area (Å²) < 4.78 is 0. The van der Waals surface area contributed by atoms with Crippen molar-refractivity contribution in [2.45, 2.75) is 45.1 Å². The molecule has 0 bridgehead atoms. The van der Waals surface area contributed by atoms with E-state index in [-0.39, 0.29) is 6.15 Å². The number of hydrogen-bond acceptors (Lipinski definition) is 2. The highest BCUT2D eigenvalue weighted by Gasteiger charge is 2.41. The van der Waals surface area contributed by atoms with Gasteiger partial charge in [-0.15, -0.1) is 0 Å². The Morgan fingerprint density at radius 2 is 1.83 bits per heavy atom. The summed E-state index contributed by atoms with van der Waals surface area (Å²) in [5, 5.41) is 3.64. The third-order valence-corrected chi connectivity index (χ3v) is 3.66. The number of nitrogens with one attached hydrogen (secondary N) is 1. The third kappa shape index (κ3) is 1.50. The second-order valence-corrected chi connectivity index (χ2v) is 4.75. The summed E-state index contributed by atoms with van der Waals surface area (Å²) in [6.45, 7) is 6.00. The van der Waals surface area contributed by atoms with Gasteiger partial charge in [-0.25, -0.2) is 0 Å². The molecule has 2 fully saturated rings. The zero-order valence-corrected chi connectivity index (χ0v) is 8.40. The van der Waals surface area contributed by atoms with E-state index in [1.165, 1.54) is 32.2 Å². The first-order valence-electron chi connectivity index (χ1n) is 4.95. The summed E-state index contributed by atoms with van der Waals surface area (Å²) in [7, 11) is 0. The van der Waals surface area contributed by atoms with Crippen LogP contribution in [0.5, 0.6) is 0 Å². The van der Waals surface area contributed by atoms with Crippen molar-refractivity contribution in [3.8, 4) is 0 Å². The van der Waals surface area contributed by atoms with Gasteiger partial charge in [0.15, 0.2) is 0 Å². The van der Waals surface area contributed by atoms with E-state index in [4.69, 9.17) is 0 Å². The maximum absolute atomic E-state index is 3.64. The number of rotatable bonds is 0. The molecule has 0 aromatic heterocycles. The van der Waals surface area contributed by atoms with Gasteiger partial charge in [-0.1, -0.05) is 12.8 Å². The first-order chi connectivity index (χ1) is 5.20. The van der Waals surface area contributed by atoms with Crippen LogP contribution in [0.2, 0.25) is 0 Å². The van der Waals surface area contributed by atoms with E-state index < -0.39 is 0 Å². The molecule has 2 nitrogen and oxygen atoms in total. The van der Waals surface area contributed by atoms with Gasteiger partial charge in [-0.3, -0.25) is 0 Å².